The van der Waals surface area contributed by atoms with Gasteiger partial charge in [0, 0.05) is 45.8 Å². The fourth-order valence-electron chi connectivity index (χ4n) is 7.62. The van der Waals surface area contributed by atoms with Crippen molar-refractivity contribution in [1.82, 2.24) is 10.2 Å². The van der Waals surface area contributed by atoms with Crippen molar-refractivity contribution in [3.8, 4) is 5.75 Å². The average molecular weight is 804 g/mol. The molecule has 3 heterocycles. The molecule has 15 heteroatoms. The molecule has 2 aromatic rings. The van der Waals surface area contributed by atoms with Crippen LogP contribution in [0.25, 0.3) is 0 Å². The number of hydrogen-bond donors (Lipinski definition) is 3. The summed E-state index contributed by atoms with van der Waals surface area (Å²) in [5.74, 6) is -1.06. The second-order valence-electron chi connectivity index (χ2n) is 15.1. The number of nitrogens with two attached hydrogens (primary N) is 1. The van der Waals surface area contributed by atoms with Crippen LogP contribution in [0.3, 0.4) is 0 Å². The van der Waals surface area contributed by atoms with E-state index in [1.54, 1.807) is 32.3 Å². The summed E-state index contributed by atoms with van der Waals surface area (Å²) in [6, 6.07) is 7.49. The molecule has 3 aliphatic heterocycles. The van der Waals surface area contributed by atoms with Crippen molar-refractivity contribution >= 4 is 52.5 Å². The number of amides is 2. The van der Waals surface area contributed by atoms with Crippen molar-refractivity contribution in [2.75, 3.05) is 45.5 Å². The van der Waals surface area contributed by atoms with Crippen molar-refractivity contribution in [1.29, 1.82) is 0 Å². The molecule has 4 N–H and O–H groups in total. The van der Waals surface area contributed by atoms with Crippen LogP contribution in [0.2, 0.25) is 10.0 Å². The van der Waals surface area contributed by atoms with Gasteiger partial charge in [-0.3, -0.25) is 10.1 Å². The number of ether oxygens (including phenoxy) is 5. The molecule has 1 unspecified atom stereocenters. The smallest absolute Gasteiger partial charge is 0.409 e. The van der Waals surface area contributed by atoms with E-state index < -0.39 is 65.7 Å². The van der Waals surface area contributed by atoms with Crippen LogP contribution < -0.4 is 20.7 Å². The zero-order valence-corrected chi connectivity index (χ0v) is 34.1. The Kier molecular flexibility index (Phi) is 13.0. The Labute approximate surface area is 332 Å². The molecule has 13 nitrogen and oxygen atoms in total. The van der Waals surface area contributed by atoms with Crippen LogP contribution in [0, 0.1) is 11.3 Å². The third-order valence-electron chi connectivity index (χ3n) is 11.1. The number of halogens is 2. The van der Waals surface area contributed by atoms with E-state index in [1.807, 2.05) is 46.0 Å². The highest BCUT2D eigenvalue weighted by molar-refractivity contribution is 6.35. The minimum atomic E-state index is -1.79. The molecule has 0 saturated carbocycles. The molecule has 2 aromatic carbocycles. The lowest BCUT2D eigenvalue weighted by molar-refractivity contribution is -0.354. The second kappa shape index (κ2) is 17.0. The van der Waals surface area contributed by atoms with E-state index in [0.29, 0.717) is 42.3 Å². The summed E-state index contributed by atoms with van der Waals surface area (Å²) in [5.41, 5.74) is 6.64. The van der Waals surface area contributed by atoms with Crippen LogP contribution in [-0.2, 0) is 30.2 Å². The molecule has 3 aliphatic rings. The topological polar surface area (TPSA) is 162 Å². The van der Waals surface area contributed by atoms with Gasteiger partial charge >= 0.3 is 12.1 Å². The van der Waals surface area contributed by atoms with Crippen molar-refractivity contribution in [2.24, 2.45) is 11.3 Å². The number of methoxy groups -OCH3 is 2. The van der Waals surface area contributed by atoms with Gasteiger partial charge in [0.2, 0.25) is 6.29 Å². The maximum absolute atomic E-state index is 13.7. The van der Waals surface area contributed by atoms with Crippen molar-refractivity contribution in [3.05, 3.63) is 75.3 Å². The zero-order valence-electron chi connectivity index (χ0n) is 32.6. The minimum absolute atomic E-state index is 0.00362. The van der Waals surface area contributed by atoms with E-state index in [9.17, 15) is 19.5 Å². The molecule has 5 rings (SSSR count). The molecule has 4 bridgehead atoms. The van der Waals surface area contributed by atoms with Crippen LogP contribution >= 0.6 is 23.2 Å². The number of carbonyl (C=O) groups is 3. The normalized spacial score (nSPS) is 30.6. The average Bonchev–Trinajstić information content (AvgIpc) is 3.13. The number of alkyl carbamates (subject to hydrolysis) is 1. The number of nitrogens with zero attached hydrogens (tertiary/aromatic N) is 2. The van der Waals surface area contributed by atoms with Gasteiger partial charge in [-0.15, -0.1) is 0 Å². The van der Waals surface area contributed by atoms with E-state index in [0.717, 1.165) is 16.8 Å². The quantitative estimate of drug-likeness (QED) is 0.228. The maximum atomic E-state index is 13.7. The Hall–Kier alpha value is -4.01. The molecular formula is C40H52Cl2N4O9. The number of carbonyl (C=O) groups excluding carboxylic acids is 3. The first kappa shape index (κ1) is 42.1. The first-order valence-corrected chi connectivity index (χ1v) is 19.0. The fraction of sp³-hybridized carbons (Fsp3) is 0.525. The maximum Gasteiger partial charge on any atom is 0.409 e. The lowest BCUT2D eigenvalue weighted by atomic mass is 9.68. The molecule has 8 atom stereocenters. The summed E-state index contributed by atoms with van der Waals surface area (Å²) in [6.45, 7) is 7.98. The lowest BCUT2D eigenvalue weighted by Crippen LogP contribution is -2.67. The second-order valence-corrected chi connectivity index (χ2v) is 15.9. The first-order chi connectivity index (χ1) is 25.9. The first-order valence-electron chi connectivity index (χ1n) is 18.3. The van der Waals surface area contributed by atoms with E-state index in [4.69, 9.17) is 52.6 Å². The van der Waals surface area contributed by atoms with Crippen LogP contribution in [0.15, 0.2) is 54.1 Å². The standard InChI is InChI=1S/C40H52Cl2N4O9/c1-22-11-9-12-32(52-8)40(50)21-31(53-38(49)44-40)23(2)34-39(4,15-10-16-45(5)29-18-25(17-22)19-30(51-7)33(29)42)37(54-34)55-36(48)24(3)46(6)35(47)27-14-13-26(43)20-28(27)41/h9,11-14,18-20,23-24,31-32,34,37,50H,10,15-17,21,43H2,1-8H3,(H,44,49)/b12-9+,22-11+/t23-,24+,31+,32-,34+,37?,39-,40+/m1/s1. The van der Waals surface area contributed by atoms with Gasteiger partial charge in [-0.05, 0) is 69.0 Å². The van der Waals surface area contributed by atoms with Crippen LogP contribution in [-0.4, -0.2) is 99.2 Å². The Morgan fingerprint density at radius 1 is 1.20 bits per heavy atom. The number of allylic oxidation sites excluding steroid dienone is 3. The number of fused-ring (bicyclic) bond motifs is 5. The van der Waals surface area contributed by atoms with Crippen LogP contribution in [0.5, 0.6) is 5.75 Å². The molecule has 2 saturated heterocycles. The number of aliphatic hydroxyl groups is 1. The summed E-state index contributed by atoms with van der Waals surface area (Å²) in [5, 5.41) is 15.0. The largest absolute Gasteiger partial charge is 0.495 e. The number of nitrogens with one attached hydrogen (secondary N) is 1. The van der Waals surface area contributed by atoms with E-state index in [-0.39, 0.29) is 17.0 Å². The number of rotatable bonds is 6. The van der Waals surface area contributed by atoms with Gasteiger partial charge in [-0.2, -0.15) is 0 Å². The predicted molar refractivity (Wildman–Crippen MR) is 210 cm³/mol. The van der Waals surface area contributed by atoms with Gasteiger partial charge in [0.25, 0.3) is 5.91 Å². The molecule has 0 aliphatic carbocycles. The summed E-state index contributed by atoms with van der Waals surface area (Å²) in [6.07, 6.45) is 3.10. The highest BCUT2D eigenvalue weighted by Gasteiger charge is 2.60. The number of anilines is 2. The van der Waals surface area contributed by atoms with Gasteiger partial charge in [0.05, 0.1) is 34.9 Å². The Morgan fingerprint density at radius 3 is 2.60 bits per heavy atom. The molecule has 0 radical (unpaired) electrons. The molecule has 0 aromatic heterocycles. The van der Waals surface area contributed by atoms with E-state index >= 15 is 0 Å². The van der Waals surface area contributed by atoms with Gasteiger partial charge in [0.1, 0.15) is 29.0 Å². The van der Waals surface area contributed by atoms with Gasteiger partial charge in [-0.1, -0.05) is 60.9 Å². The molecule has 2 amide bonds. The number of hydrogen-bond acceptors (Lipinski definition) is 11. The molecule has 300 valence electrons. The van der Waals surface area contributed by atoms with Crippen molar-refractivity contribution in [3.63, 3.8) is 0 Å². The summed E-state index contributed by atoms with van der Waals surface area (Å²) < 4.78 is 29.5. The van der Waals surface area contributed by atoms with Gasteiger partial charge in [0.15, 0.2) is 5.72 Å². The minimum Gasteiger partial charge on any atom is -0.495 e. The van der Waals surface area contributed by atoms with Crippen LogP contribution in [0.1, 0.15) is 62.9 Å². The third-order valence-corrected chi connectivity index (χ3v) is 11.8. The predicted octanol–water partition coefficient (Wildman–Crippen LogP) is 6.13. The number of esters is 1. The van der Waals surface area contributed by atoms with Crippen molar-refractivity contribution < 1.29 is 43.2 Å². The van der Waals surface area contributed by atoms with E-state index in [1.165, 1.54) is 31.2 Å². The highest BCUT2D eigenvalue weighted by Crippen LogP contribution is 2.51. The Balaban J connectivity index is 1.45. The highest BCUT2D eigenvalue weighted by atomic mass is 35.5. The Bertz CT molecular complexity index is 1840. The molecular weight excluding hydrogens is 751 g/mol. The number of likely N-dealkylation sites (N-methyl/N-ethyl adjacent to an activating group) is 1. The fourth-order valence-corrected chi connectivity index (χ4v) is 8.22. The van der Waals surface area contributed by atoms with Gasteiger partial charge in [-0.25, -0.2) is 9.59 Å². The van der Waals surface area contributed by atoms with Crippen molar-refractivity contribution in [2.45, 2.75) is 89.7 Å². The summed E-state index contributed by atoms with van der Waals surface area (Å²) in [4.78, 5) is 43.3. The monoisotopic (exact) mass is 802 g/mol. The summed E-state index contributed by atoms with van der Waals surface area (Å²) in [7, 11) is 6.49. The SMILES string of the molecule is COc1cc2cc(c1Cl)N(C)CCC[C@@]1(C)C(OC(=O)[C@H](C)N(C)C(=O)c3ccc(N)cc3Cl)O[C@H]1[C@H](C)[C@@H]1C[C@@](O)(NC(=O)O1)[C@H](OC)/C=C/C=C(\C)C2. The number of nitrogen functional groups attached to an aromatic ring is 1. The third kappa shape index (κ3) is 8.86. The van der Waals surface area contributed by atoms with E-state index in [2.05, 4.69) is 10.2 Å². The lowest BCUT2D eigenvalue weighted by Gasteiger charge is -2.56. The Morgan fingerprint density at radius 2 is 1.93 bits per heavy atom. The zero-order chi connectivity index (χ0) is 40.4. The summed E-state index contributed by atoms with van der Waals surface area (Å²) >= 11 is 13.1. The molecule has 55 heavy (non-hydrogen) atoms. The number of benzene rings is 2. The molecule has 2 fully saturated rings. The van der Waals surface area contributed by atoms with Crippen LogP contribution in [0.4, 0.5) is 16.2 Å². The van der Waals surface area contributed by atoms with Gasteiger partial charge < -0.3 is 44.3 Å². The molecule has 0 spiro atoms.